The quantitative estimate of drug-likeness (QED) is 0.798. The maximum absolute atomic E-state index is 14.2. The van der Waals surface area contributed by atoms with E-state index in [1.54, 1.807) is 12.1 Å². The van der Waals surface area contributed by atoms with Crippen molar-refractivity contribution in [2.24, 2.45) is 0 Å². The van der Waals surface area contributed by atoms with Gasteiger partial charge in [-0.15, -0.1) is 0 Å². The fraction of sp³-hybridized carbons (Fsp3) is 0.625. The first-order valence-electron chi connectivity index (χ1n) is 7.27. The number of hydrogen-bond donors (Lipinski definition) is 1. The van der Waals surface area contributed by atoms with E-state index in [9.17, 15) is 4.39 Å². The van der Waals surface area contributed by atoms with E-state index in [4.69, 9.17) is 0 Å². The summed E-state index contributed by atoms with van der Waals surface area (Å²) in [5.74, 6) is -0.124. The molecule has 2 atom stereocenters. The van der Waals surface area contributed by atoms with Crippen molar-refractivity contribution in [1.29, 1.82) is 0 Å². The minimum absolute atomic E-state index is 0.0254. The predicted molar refractivity (Wildman–Crippen MR) is 81.3 cm³/mol. The normalized spacial score (nSPS) is 14.2. The first-order chi connectivity index (χ1) is 9.02. The van der Waals surface area contributed by atoms with Crippen molar-refractivity contribution < 1.29 is 4.39 Å². The summed E-state index contributed by atoms with van der Waals surface area (Å²) in [6.07, 6.45) is 2.25. The van der Waals surface area contributed by atoms with Gasteiger partial charge < -0.3 is 10.2 Å². The third-order valence-corrected chi connectivity index (χ3v) is 3.72. The highest BCUT2D eigenvalue weighted by Gasteiger charge is 2.19. The second-order valence-electron chi connectivity index (χ2n) is 5.20. The fourth-order valence-corrected chi connectivity index (χ4v) is 2.52. The van der Waals surface area contributed by atoms with Gasteiger partial charge in [-0.1, -0.05) is 26.3 Å². The molecule has 0 radical (unpaired) electrons. The summed E-state index contributed by atoms with van der Waals surface area (Å²) in [6, 6.07) is 5.79. The number of halogens is 1. The number of anilines is 1. The SMILES string of the molecule is CCCC(C)N(C)c1cccc(F)c1C(C)NCC. The lowest BCUT2D eigenvalue weighted by Gasteiger charge is -2.30. The molecule has 0 saturated carbocycles. The topological polar surface area (TPSA) is 15.3 Å². The Kier molecular flexibility index (Phi) is 6.29. The van der Waals surface area contributed by atoms with E-state index in [2.05, 4.69) is 31.1 Å². The molecule has 3 heteroatoms. The summed E-state index contributed by atoms with van der Waals surface area (Å²) >= 11 is 0. The predicted octanol–water partition coefficient (Wildman–Crippen LogP) is 4.12. The molecule has 19 heavy (non-hydrogen) atoms. The molecule has 0 saturated heterocycles. The van der Waals surface area contributed by atoms with E-state index in [-0.39, 0.29) is 11.9 Å². The molecule has 1 N–H and O–H groups in total. The molecule has 0 amide bonds. The van der Waals surface area contributed by atoms with Crippen LogP contribution in [0.1, 0.15) is 52.1 Å². The number of hydrogen-bond acceptors (Lipinski definition) is 2. The van der Waals surface area contributed by atoms with Crippen LogP contribution in [-0.2, 0) is 0 Å². The van der Waals surface area contributed by atoms with E-state index in [0.29, 0.717) is 6.04 Å². The molecule has 2 nitrogen and oxygen atoms in total. The van der Waals surface area contributed by atoms with Gasteiger partial charge in [0.1, 0.15) is 5.82 Å². The third-order valence-electron chi connectivity index (χ3n) is 3.72. The molecule has 0 aromatic heterocycles. The van der Waals surface area contributed by atoms with Gasteiger partial charge in [0.2, 0.25) is 0 Å². The van der Waals surface area contributed by atoms with Crippen molar-refractivity contribution in [2.75, 3.05) is 18.5 Å². The van der Waals surface area contributed by atoms with Crippen LogP contribution in [-0.4, -0.2) is 19.6 Å². The van der Waals surface area contributed by atoms with Crippen LogP contribution in [0.25, 0.3) is 0 Å². The summed E-state index contributed by atoms with van der Waals surface area (Å²) in [5.41, 5.74) is 1.77. The zero-order chi connectivity index (χ0) is 14.4. The van der Waals surface area contributed by atoms with E-state index in [0.717, 1.165) is 30.6 Å². The van der Waals surface area contributed by atoms with Crippen molar-refractivity contribution in [2.45, 2.75) is 52.6 Å². The molecule has 0 aliphatic carbocycles. The van der Waals surface area contributed by atoms with Crippen LogP contribution in [0.5, 0.6) is 0 Å². The first kappa shape index (κ1) is 16.0. The van der Waals surface area contributed by atoms with Gasteiger partial charge in [0, 0.05) is 30.4 Å². The van der Waals surface area contributed by atoms with Crippen molar-refractivity contribution in [3.8, 4) is 0 Å². The molecule has 0 aliphatic heterocycles. The Morgan fingerprint density at radius 1 is 1.26 bits per heavy atom. The number of nitrogens with zero attached hydrogens (tertiary/aromatic N) is 1. The van der Waals surface area contributed by atoms with Gasteiger partial charge in [-0.25, -0.2) is 4.39 Å². The van der Waals surface area contributed by atoms with Gasteiger partial charge in [-0.05, 0) is 38.9 Å². The molecule has 2 unspecified atom stereocenters. The van der Waals surface area contributed by atoms with Crippen LogP contribution < -0.4 is 10.2 Å². The summed E-state index contributed by atoms with van der Waals surface area (Å²) in [4.78, 5) is 2.19. The number of nitrogens with one attached hydrogen (secondary N) is 1. The monoisotopic (exact) mass is 266 g/mol. The molecule has 108 valence electrons. The zero-order valence-electron chi connectivity index (χ0n) is 12.8. The minimum Gasteiger partial charge on any atom is -0.372 e. The molecule has 0 fully saturated rings. The number of rotatable bonds is 7. The smallest absolute Gasteiger partial charge is 0.130 e. The Hall–Kier alpha value is -1.09. The third kappa shape index (κ3) is 3.93. The summed E-state index contributed by atoms with van der Waals surface area (Å²) in [5, 5.41) is 3.30. The highest BCUT2D eigenvalue weighted by molar-refractivity contribution is 5.55. The maximum Gasteiger partial charge on any atom is 0.130 e. The zero-order valence-corrected chi connectivity index (χ0v) is 12.8. The van der Waals surface area contributed by atoms with Gasteiger partial charge in [0.25, 0.3) is 0 Å². The van der Waals surface area contributed by atoms with Crippen molar-refractivity contribution in [3.05, 3.63) is 29.6 Å². The van der Waals surface area contributed by atoms with Crippen LogP contribution in [0.3, 0.4) is 0 Å². The van der Waals surface area contributed by atoms with Gasteiger partial charge in [-0.3, -0.25) is 0 Å². The average molecular weight is 266 g/mol. The molecular formula is C16H27FN2. The molecule has 0 bridgehead atoms. The van der Waals surface area contributed by atoms with Crippen LogP contribution in [0.2, 0.25) is 0 Å². The van der Waals surface area contributed by atoms with Gasteiger partial charge >= 0.3 is 0 Å². The van der Waals surface area contributed by atoms with Crippen molar-refractivity contribution >= 4 is 5.69 Å². The Morgan fingerprint density at radius 2 is 1.95 bits per heavy atom. The summed E-state index contributed by atoms with van der Waals surface area (Å²) < 4.78 is 14.2. The van der Waals surface area contributed by atoms with E-state index in [1.807, 2.05) is 19.9 Å². The molecule has 0 heterocycles. The van der Waals surface area contributed by atoms with E-state index < -0.39 is 0 Å². The lowest BCUT2D eigenvalue weighted by atomic mass is 10.0. The van der Waals surface area contributed by atoms with Crippen LogP contribution in [0.15, 0.2) is 18.2 Å². The summed E-state index contributed by atoms with van der Waals surface area (Å²) in [7, 11) is 2.05. The molecule has 1 aromatic rings. The molecule has 0 spiro atoms. The Labute approximate surface area is 117 Å². The van der Waals surface area contributed by atoms with Gasteiger partial charge in [-0.2, -0.15) is 0 Å². The van der Waals surface area contributed by atoms with Gasteiger partial charge in [0.05, 0.1) is 0 Å². The highest BCUT2D eigenvalue weighted by atomic mass is 19.1. The van der Waals surface area contributed by atoms with Crippen molar-refractivity contribution in [1.82, 2.24) is 5.32 Å². The molecule has 0 aliphatic rings. The van der Waals surface area contributed by atoms with Crippen LogP contribution in [0.4, 0.5) is 10.1 Å². The second kappa shape index (κ2) is 7.49. The minimum atomic E-state index is -0.124. The second-order valence-corrected chi connectivity index (χ2v) is 5.20. The average Bonchev–Trinajstić information content (AvgIpc) is 2.38. The molecule has 1 rings (SSSR count). The molecule has 1 aromatic carbocycles. The number of benzene rings is 1. The van der Waals surface area contributed by atoms with E-state index in [1.165, 1.54) is 0 Å². The summed E-state index contributed by atoms with van der Waals surface area (Å²) in [6.45, 7) is 9.27. The lowest BCUT2D eigenvalue weighted by molar-refractivity contribution is 0.534. The fourth-order valence-electron chi connectivity index (χ4n) is 2.52. The van der Waals surface area contributed by atoms with Gasteiger partial charge in [0.15, 0.2) is 0 Å². The maximum atomic E-state index is 14.2. The van der Waals surface area contributed by atoms with Crippen molar-refractivity contribution in [3.63, 3.8) is 0 Å². The standard InChI is InChI=1S/C16H27FN2/c1-6-9-12(3)19(5)15-11-8-10-14(17)16(15)13(4)18-7-2/h8,10-13,18H,6-7,9H2,1-5H3. The van der Waals surface area contributed by atoms with Crippen LogP contribution in [0, 0.1) is 5.82 Å². The Bertz CT molecular complexity index is 392. The Morgan fingerprint density at radius 3 is 2.53 bits per heavy atom. The van der Waals surface area contributed by atoms with Crippen LogP contribution >= 0.6 is 0 Å². The lowest BCUT2D eigenvalue weighted by Crippen LogP contribution is -2.31. The first-order valence-corrected chi connectivity index (χ1v) is 7.27. The van der Waals surface area contributed by atoms with E-state index >= 15 is 0 Å². The largest absolute Gasteiger partial charge is 0.372 e. The highest BCUT2D eigenvalue weighted by Crippen LogP contribution is 2.30. The molecular weight excluding hydrogens is 239 g/mol. The Balaban J connectivity index is 3.09.